The zero-order valence-corrected chi connectivity index (χ0v) is 12.6. The molecule has 1 N–H and O–H groups in total. The number of fused-ring (bicyclic) bond motifs is 1. The van der Waals surface area contributed by atoms with E-state index in [0.29, 0.717) is 0 Å². The van der Waals surface area contributed by atoms with Crippen LogP contribution in [0.25, 0.3) is 0 Å². The van der Waals surface area contributed by atoms with Gasteiger partial charge in [0.2, 0.25) is 0 Å². The van der Waals surface area contributed by atoms with Crippen LogP contribution in [0.5, 0.6) is 0 Å². The van der Waals surface area contributed by atoms with Crippen LogP contribution in [-0.4, -0.2) is 61.2 Å². The van der Waals surface area contributed by atoms with Crippen molar-refractivity contribution in [2.75, 3.05) is 39.3 Å². The summed E-state index contributed by atoms with van der Waals surface area (Å²) in [7, 11) is 0. The van der Waals surface area contributed by atoms with Gasteiger partial charge in [0, 0.05) is 31.7 Å². The third-order valence-corrected chi connectivity index (χ3v) is 5.55. The van der Waals surface area contributed by atoms with E-state index in [1.807, 2.05) is 0 Å². The molecule has 0 aromatic rings. The second-order valence-corrected chi connectivity index (χ2v) is 6.79. The maximum atomic E-state index is 3.63. The molecule has 0 bridgehead atoms. The molecule has 2 saturated heterocycles. The molecular formula is C16H31N3. The first-order chi connectivity index (χ1) is 9.38. The third kappa shape index (κ3) is 3.14. The van der Waals surface area contributed by atoms with E-state index in [1.165, 1.54) is 77.8 Å². The molecule has 0 amide bonds. The first-order valence-corrected chi connectivity index (χ1v) is 8.57. The van der Waals surface area contributed by atoms with Gasteiger partial charge in [-0.25, -0.2) is 0 Å². The van der Waals surface area contributed by atoms with Crippen LogP contribution < -0.4 is 5.32 Å². The lowest BCUT2D eigenvalue weighted by Gasteiger charge is -2.51. The van der Waals surface area contributed by atoms with Crippen LogP contribution in [0.1, 0.15) is 45.4 Å². The van der Waals surface area contributed by atoms with Crippen molar-refractivity contribution in [3.8, 4) is 0 Å². The lowest BCUT2D eigenvalue weighted by molar-refractivity contribution is -0.0174. The fraction of sp³-hybridized carbons (Fsp3) is 1.00. The molecule has 3 atom stereocenters. The number of rotatable bonds is 5. The molecule has 1 saturated carbocycles. The smallest absolute Gasteiger partial charge is 0.0223 e. The van der Waals surface area contributed by atoms with E-state index in [4.69, 9.17) is 0 Å². The molecule has 19 heavy (non-hydrogen) atoms. The van der Waals surface area contributed by atoms with E-state index in [0.717, 1.165) is 18.0 Å². The number of hydrogen-bond donors (Lipinski definition) is 1. The van der Waals surface area contributed by atoms with E-state index in [1.54, 1.807) is 0 Å². The minimum atomic E-state index is 0.882. The van der Waals surface area contributed by atoms with Crippen molar-refractivity contribution in [1.82, 2.24) is 15.1 Å². The maximum absolute atomic E-state index is 3.63. The highest BCUT2D eigenvalue weighted by Crippen LogP contribution is 2.34. The number of piperazine rings is 1. The number of piperidine rings is 1. The summed E-state index contributed by atoms with van der Waals surface area (Å²) in [6.45, 7) is 10.1. The van der Waals surface area contributed by atoms with Crippen molar-refractivity contribution in [3.05, 3.63) is 0 Å². The molecule has 0 radical (unpaired) electrons. The summed E-state index contributed by atoms with van der Waals surface area (Å²) in [5, 5.41) is 3.63. The second-order valence-electron chi connectivity index (χ2n) is 6.79. The molecule has 0 aromatic heterocycles. The van der Waals surface area contributed by atoms with Gasteiger partial charge in [-0.15, -0.1) is 0 Å². The molecule has 0 aromatic carbocycles. The molecule has 3 fully saturated rings. The van der Waals surface area contributed by atoms with Gasteiger partial charge in [0.1, 0.15) is 0 Å². The van der Waals surface area contributed by atoms with Crippen molar-refractivity contribution in [3.63, 3.8) is 0 Å². The van der Waals surface area contributed by atoms with Gasteiger partial charge < -0.3 is 5.32 Å². The largest absolute Gasteiger partial charge is 0.316 e. The summed E-state index contributed by atoms with van der Waals surface area (Å²) in [6, 6.07) is 1.78. The predicted molar refractivity (Wildman–Crippen MR) is 80.5 cm³/mol. The lowest BCUT2D eigenvalue weighted by atomic mass is 9.77. The lowest BCUT2D eigenvalue weighted by Crippen LogP contribution is -2.61. The van der Waals surface area contributed by atoms with E-state index in [-0.39, 0.29) is 0 Å². The Hall–Kier alpha value is -0.120. The SMILES string of the molecule is CCCNCC1CCC1N1CCN2CCCCC2C1. The first-order valence-electron chi connectivity index (χ1n) is 8.57. The maximum Gasteiger partial charge on any atom is 0.0223 e. The van der Waals surface area contributed by atoms with Gasteiger partial charge in [0.05, 0.1) is 0 Å². The van der Waals surface area contributed by atoms with Crippen molar-refractivity contribution in [1.29, 1.82) is 0 Å². The van der Waals surface area contributed by atoms with Crippen LogP contribution in [0.3, 0.4) is 0 Å². The number of hydrogen-bond acceptors (Lipinski definition) is 3. The van der Waals surface area contributed by atoms with Crippen LogP contribution in [0.15, 0.2) is 0 Å². The summed E-state index contributed by atoms with van der Waals surface area (Å²) < 4.78 is 0. The Balaban J connectivity index is 1.46. The molecule has 1 aliphatic carbocycles. The van der Waals surface area contributed by atoms with Crippen molar-refractivity contribution >= 4 is 0 Å². The minimum absolute atomic E-state index is 0.882. The Kier molecular flexibility index (Phi) is 4.78. The van der Waals surface area contributed by atoms with Gasteiger partial charge in [-0.05, 0) is 57.7 Å². The number of nitrogens with zero attached hydrogens (tertiary/aromatic N) is 2. The van der Waals surface area contributed by atoms with E-state index >= 15 is 0 Å². The van der Waals surface area contributed by atoms with Crippen LogP contribution in [-0.2, 0) is 0 Å². The zero-order chi connectivity index (χ0) is 13.1. The highest BCUT2D eigenvalue weighted by Gasteiger charge is 2.39. The molecule has 3 rings (SSSR count). The summed E-state index contributed by atoms with van der Waals surface area (Å²) in [6.07, 6.45) is 8.50. The summed E-state index contributed by atoms with van der Waals surface area (Å²) in [5.41, 5.74) is 0. The van der Waals surface area contributed by atoms with Gasteiger partial charge in [-0.2, -0.15) is 0 Å². The fourth-order valence-corrected chi connectivity index (χ4v) is 4.22. The fourth-order valence-electron chi connectivity index (χ4n) is 4.22. The molecular weight excluding hydrogens is 234 g/mol. The van der Waals surface area contributed by atoms with Crippen LogP contribution in [0, 0.1) is 5.92 Å². The zero-order valence-electron chi connectivity index (χ0n) is 12.6. The molecule has 2 heterocycles. The molecule has 3 aliphatic rings. The van der Waals surface area contributed by atoms with Crippen LogP contribution >= 0.6 is 0 Å². The molecule has 3 nitrogen and oxygen atoms in total. The molecule has 3 heteroatoms. The van der Waals surface area contributed by atoms with Crippen molar-refractivity contribution < 1.29 is 0 Å². The Morgan fingerprint density at radius 2 is 1.89 bits per heavy atom. The standard InChI is InChI=1S/C16H31N3/c1-2-8-17-12-14-6-7-16(14)19-11-10-18-9-4-3-5-15(18)13-19/h14-17H,2-13H2,1H3. The molecule has 110 valence electrons. The molecule has 0 spiro atoms. The Labute approximate surface area is 118 Å². The first kappa shape index (κ1) is 13.8. The van der Waals surface area contributed by atoms with Gasteiger partial charge in [0.25, 0.3) is 0 Å². The van der Waals surface area contributed by atoms with Crippen LogP contribution in [0.4, 0.5) is 0 Å². The average Bonchev–Trinajstić information content (AvgIpc) is 2.42. The van der Waals surface area contributed by atoms with Gasteiger partial charge in [0.15, 0.2) is 0 Å². The van der Waals surface area contributed by atoms with E-state index in [2.05, 4.69) is 22.0 Å². The van der Waals surface area contributed by atoms with Crippen molar-refractivity contribution in [2.45, 2.75) is 57.5 Å². The van der Waals surface area contributed by atoms with Gasteiger partial charge in [-0.1, -0.05) is 13.3 Å². The van der Waals surface area contributed by atoms with Gasteiger partial charge in [-0.3, -0.25) is 9.80 Å². The van der Waals surface area contributed by atoms with E-state index < -0.39 is 0 Å². The summed E-state index contributed by atoms with van der Waals surface area (Å²) in [4.78, 5) is 5.58. The Bertz CT molecular complexity index is 281. The normalized spacial score (nSPS) is 36.8. The van der Waals surface area contributed by atoms with Gasteiger partial charge >= 0.3 is 0 Å². The predicted octanol–water partition coefficient (Wildman–Crippen LogP) is 1.93. The highest BCUT2D eigenvalue weighted by molar-refractivity contribution is 4.95. The second kappa shape index (κ2) is 6.55. The Morgan fingerprint density at radius 1 is 1.00 bits per heavy atom. The summed E-state index contributed by atoms with van der Waals surface area (Å²) >= 11 is 0. The Morgan fingerprint density at radius 3 is 2.68 bits per heavy atom. The van der Waals surface area contributed by atoms with Crippen molar-refractivity contribution in [2.24, 2.45) is 5.92 Å². The van der Waals surface area contributed by atoms with E-state index in [9.17, 15) is 0 Å². The average molecular weight is 265 g/mol. The minimum Gasteiger partial charge on any atom is -0.316 e. The topological polar surface area (TPSA) is 18.5 Å². The monoisotopic (exact) mass is 265 g/mol. The highest BCUT2D eigenvalue weighted by atomic mass is 15.3. The quantitative estimate of drug-likeness (QED) is 0.766. The molecule has 3 unspecified atom stereocenters. The third-order valence-electron chi connectivity index (χ3n) is 5.55. The summed E-state index contributed by atoms with van der Waals surface area (Å²) in [5.74, 6) is 0.932. The van der Waals surface area contributed by atoms with Crippen LogP contribution in [0.2, 0.25) is 0 Å². The molecule has 2 aliphatic heterocycles. The number of nitrogens with one attached hydrogen (secondary N) is 1.